The summed E-state index contributed by atoms with van der Waals surface area (Å²) in [7, 11) is -2.42. The van der Waals surface area contributed by atoms with Gasteiger partial charge in [-0.25, -0.2) is 0 Å². The Balaban J connectivity index is 2.30. The third-order valence-electron chi connectivity index (χ3n) is 3.17. The molecule has 3 amide bonds. The highest BCUT2D eigenvalue weighted by molar-refractivity contribution is 8.00. The summed E-state index contributed by atoms with van der Waals surface area (Å²) in [6.07, 6.45) is 0.301. The van der Waals surface area contributed by atoms with Gasteiger partial charge in [0.05, 0.1) is 11.9 Å². The van der Waals surface area contributed by atoms with E-state index in [9.17, 15) is 19.2 Å². The number of carbonyl (C=O) groups is 4. The zero-order chi connectivity index (χ0) is 18.1. The maximum Gasteiger partial charge on any atom is 0.327 e. The van der Waals surface area contributed by atoms with Crippen molar-refractivity contribution in [3.63, 3.8) is 0 Å². The highest BCUT2D eigenvalue weighted by Crippen LogP contribution is 2.28. The monoisotopic (exact) mass is 380 g/mol. The lowest BCUT2D eigenvalue weighted by Gasteiger charge is -2.14. The molecule has 11 heteroatoms. The Labute approximate surface area is 145 Å². The molecule has 1 aliphatic heterocycles. The number of ketones is 1. The van der Waals surface area contributed by atoms with Crippen LogP contribution in [-0.2, 0) is 23.7 Å². The first kappa shape index (κ1) is 21.0. The minimum Gasteiger partial charge on any atom is -0.356 e. The number of thioether (sulfide) groups is 1. The maximum atomic E-state index is 12.1. The average Bonchev–Trinajstić information content (AvgIpc) is 2.75. The normalized spacial score (nSPS) is 17.7. The molecular weight excluding hydrogens is 359 g/mol. The highest BCUT2D eigenvalue weighted by Gasteiger charge is 2.38. The first-order chi connectivity index (χ1) is 11.3. The third-order valence-corrected chi connectivity index (χ3v) is 4.76. The molecule has 1 atom stereocenters. The molecule has 0 bridgehead atoms. The number of hydrogen-bond donors (Lipinski definition) is 3. The molecule has 1 heterocycles. The summed E-state index contributed by atoms with van der Waals surface area (Å²) in [6, 6.07) is 0. The lowest BCUT2D eigenvalue weighted by molar-refractivity contribution is -0.138. The summed E-state index contributed by atoms with van der Waals surface area (Å²) in [5.41, 5.74) is 0. The Kier molecular flexibility index (Phi) is 9.38. The molecule has 1 unspecified atom stereocenters. The Morgan fingerprint density at radius 1 is 1.38 bits per heavy atom. The van der Waals surface area contributed by atoms with Gasteiger partial charge in [-0.15, -0.1) is 11.8 Å². The summed E-state index contributed by atoms with van der Waals surface area (Å²) < 4.78 is 4.59. The smallest absolute Gasteiger partial charge is 0.327 e. The number of amides is 3. The van der Waals surface area contributed by atoms with Crippen LogP contribution in [0, 0.1) is 0 Å². The second-order valence-electron chi connectivity index (χ2n) is 5.09. The van der Waals surface area contributed by atoms with Crippen LogP contribution < -0.4 is 5.32 Å². The van der Waals surface area contributed by atoms with Crippen molar-refractivity contribution >= 4 is 43.9 Å². The molecule has 24 heavy (non-hydrogen) atoms. The van der Waals surface area contributed by atoms with Crippen LogP contribution in [0.5, 0.6) is 0 Å². The Bertz CT molecular complexity index is 489. The zero-order valence-electron chi connectivity index (χ0n) is 13.3. The minimum atomic E-state index is -2.42. The summed E-state index contributed by atoms with van der Waals surface area (Å²) in [4.78, 5) is 64.6. The minimum absolute atomic E-state index is 0.00476. The number of nitrogens with zero attached hydrogens (tertiary/aromatic N) is 1. The standard InChI is InChI=1S/C13H21N2O7PS/c1-9(16)2-4-14-11(17)3-5-15-12(18)8-10(13(15)19)24-7-6-22-23(20)21/h10,20-21H,2-8H2,1H3,(H,14,17). The van der Waals surface area contributed by atoms with E-state index in [0.29, 0.717) is 5.75 Å². The number of carbonyl (C=O) groups excluding carboxylic acids is 4. The van der Waals surface area contributed by atoms with Gasteiger partial charge in [0.1, 0.15) is 5.78 Å². The van der Waals surface area contributed by atoms with Gasteiger partial charge in [0.2, 0.25) is 17.7 Å². The van der Waals surface area contributed by atoms with E-state index >= 15 is 0 Å². The van der Waals surface area contributed by atoms with E-state index in [1.54, 1.807) is 0 Å². The van der Waals surface area contributed by atoms with Gasteiger partial charge in [0.25, 0.3) is 0 Å². The van der Waals surface area contributed by atoms with Crippen molar-refractivity contribution in [2.45, 2.75) is 31.4 Å². The molecule has 0 aromatic heterocycles. The fraction of sp³-hybridized carbons (Fsp3) is 0.692. The van der Waals surface area contributed by atoms with Crippen LogP contribution in [-0.4, -0.2) is 68.9 Å². The van der Waals surface area contributed by atoms with Crippen LogP contribution in [0.25, 0.3) is 0 Å². The first-order valence-corrected chi connectivity index (χ1v) is 9.55. The molecule has 0 saturated carbocycles. The lowest BCUT2D eigenvalue weighted by Crippen LogP contribution is -2.36. The largest absolute Gasteiger partial charge is 0.356 e. The number of likely N-dealkylation sites (tertiary alicyclic amines) is 1. The molecule has 1 saturated heterocycles. The maximum absolute atomic E-state index is 12.1. The summed E-state index contributed by atoms with van der Waals surface area (Å²) in [5.74, 6) is -0.679. The van der Waals surface area contributed by atoms with E-state index in [-0.39, 0.29) is 62.5 Å². The van der Waals surface area contributed by atoms with Gasteiger partial charge < -0.3 is 19.6 Å². The summed E-state index contributed by atoms with van der Waals surface area (Å²) in [6.45, 7) is 1.75. The van der Waals surface area contributed by atoms with Crippen LogP contribution in [0.3, 0.4) is 0 Å². The van der Waals surface area contributed by atoms with Crippen molar-refractivity contribution in [1.82, 2.24) is 10.2 Å². The molecule has 1 rings (SSSR count). The van der Waals surface area contributed by atoms with Crippen molar-refractivity contribution in [1.29, 1.82) is 0 Å². The average molecular weight is 380 g/mol. The number of imide groups is 1. The van der Waals surface area contributed by atoms with Crippen LogP contribution in [0.15, 0.2) is 0 Å². The van der Waals surface area contributed by atoms with Crippen molar-refractivity contribution in [3.8, 4) is 0 Å². The third kappa shape index (κ3) is 7.67. The van der Waals surface area contributed by atoms with E-state index in [4.69, 9.17) is 9.79 Å². The van der Waals surface area contributed by atoms with Gasteiger partial charge in [0, 0.05) is 38.1 Å². The van der Waals surface area contributed by atoms with E-state index in [1.165, 1.54) is 18.7 Å². The van der Waals surface area contributed by atoms with E-state index in [1.807, 2.05) is 0 Å². The second kappa shape index (κ2) is 10.7. The van der Waals surface area contributed by atoms with E-state index in [2.05, 4.69) is 9.84 Å². The highest BCUT2D eigenvalue weighted by atomic mass is 32.2. The zero-order valence-corrected chi connectivity index (χ0v) is 15.0. The van der Waals surface area contributed by atoms with E-state index in [0.717, 1.165) is 4.90 Å². The van der Waals surface area contributed by atoms with Crippen molar-refractivity contribution in [3.05, 3.63) is 0 Å². The predicted octanol–water partition coefficient (Wildman–Crippen LogP) is -0.439. The summed E-state index contributed by atoms with van der Waals surface area (Å²) in [5, 5.41) is 2.02. The summed E-state index contributed by atoms with van der Waals surface area (Å²) >= 11 is 1.21. The fourth-order valence-corrected chi connectivity index (χ4v) is 3.38. The van der Waals surface area contributed by atoms with Gasteiger partial charge in [-0.3, -0.25) is 24.1 Å². The fourth-order valence-electron chi connectivity index (χ4n) is 2.01. The number of nitrogens with one attached hydrogen (secondary N) is 1. The van der Waals surface area contributed by atoms with Crippen LogP contribution in [0.1, 0.15) is 26.2 Å². The Morgan fingerprint density at radius 2 is 2.08 bits per heavy atom. The van der Waals surface area contributed by atoms with Crippen molar-refractivity contribution in [2.24, 2.45) is 0 Å². The quantitative estimate of drug-likeness (QED) is 0.250. The molecule has 3 N–H and O–H groups in total. The van der Waals surface area contributed by atoms with Gasteiger partial charge >= 0.3 is 8.60 Å². The number of hydrogen-bond acceptors (Lipinski definition) is 8. The Hall–Kier alpha value is -1.06. The molecule has 9 nitrogen and oxygen atoms in total. The lowest BCUT2D eigenvalue weighted by atomic mass is 10.3. The van der Waals surface area contributed by atoms with Crippen LogP contribution in [0.2, 0.25) is 0 Å². The van der Waals surface area contributed by atoms with E-state index < -0.39 is 13.9 Å². The molecule has 0 aromatic rings. The topological polar surface area (TPSA) is 133 Å². The molecule has 1 fully saturated rings. The second-order valence-corrected chi connectivity index (χ2v) is 7.16. The van der Waals surface area contributed by atoms with Gasteiger partial charge in [-0.1, -0.05) is 0 Å². The van der Waals surface area contributed by atoms with Gasteiger partial charge in [0.15, 0.2) is 0 Å². The molecule has 136 valence electrons. The molecular formula is C13H21N2O7PS. The van der Waals surface area contributed by atoms with Crippen LogP contribution >= 0.6 is 20.4 Å². The Morgan fingerprint density at radius 3 is 2.71 bits per heavy atom. The van der Waals surface area contributed by atoms with Crippen LogP contribution in [0.4, 0.5) is 0 Å². The molecule has 0 radical (unpaired) electrons. The van der Waals surface area contributed by atoms with Crippen molar-refractivity contribution in [2.75, 3.05) is 25.4 Å². The van der Waals surface area contributed by atoms with Gasteiger partial charge in [-0.2, -0.15) is 0 Å². The molecule has 0 spiro atoms. The number of Topliss-reactive ketones (excluding diaryl/α,β-unsaturated/α-hetero) is 1. The van der Waals surface area contributed by atoms with Crippen molar-refractivity contribution < 1.29 is 33.5 Å². The molecule has 0 aromatic carbocycles. The predicted molar refractivity (Wildman–Crippen MR) is 87.8 cm³/mol. The molecule has 1 aliphatic rings. The SMILES string of the molecule is CC(=O)CCNC(=O)CCN1C(=O)CC(SCCOP(O)O)C1=O. The molecule has 0 aliphatic carbocycles. The van der Waals surface area contributed by atoms with Gasteiger partial charge in [-0.05, 0) is 6.92 Å². The first-order valence-electron chi connectivity index (χ1n) is 7.34. The number of rotatable bonds is 11.